The third kappa shape index (κ3) is 5.32. The minimum atomic E-state index is -4.44. The molecule has 0 saturated heterocycles. The maximum absolute atomic E-state index is 12.8. The van der Waals surface area contributed by atoms with Crippen LogP contribution < -0.4 is 10.6 Å². The molecule has 5 nitrogen and oxygen atoms in total. The minimum absolute atomic E-state index is 0.0365. The van der Waals surface area contributed by atoms with Crippen LogP contribution in [0.4, 0.5) is 13.2 Å². The van der Waals surface area contributed by atoms with Crippen LogP contribution in [-0.4, -0.2) is 22.8 Å². The molecule has 8 heteroatoms. The van der Waals surface area contributed by atoms with Crippen LogP contribution in [0.5, 0.6) is 0 Å². The van der Waals surface area contributed by atoms with Gasteiger partial charge in [-0.05, 0) is 54.8 Å². The SMILES string of the molecule is O=C(NCc1cccc(C(F)(F)F)c1)c1ccnc(-c2ccc(C(=O)NC3CC3)cc2)c1. The summed E-state index contributed by atoms with van der Waals surface area (Å²) >= 11 is 0. The van der Waals surface area contributed by atoms with Gasteiger partial charge < -0.3 is 10.6 Å². The van der Waals surface area contributed by atoms with Crippen molar-refractivity contribution in [3.8, 4) is 11.3 Å². The van der Waals surface area contributed by atoms with E-state index in [1.54, 1.807) is 30.3 Å². The number of nitrogens with zero attached hydrogens (tertiary/aromatic N) is 1. The van der Waals surface area contributed by atoms with Crippen molar-refractivity contribution < 1.29 is 22.8 Å². The van der Waals surface area contributed by atoms with Crippen LogP contribution in [0.25, 0.3) is 11.3 Å². The monoisotopic (exact) mass is 439 g/mol. The lowest BCUT2D eigenvalue weighted by Crippen LogP contribution is -2.25. The number of hydrogen-bond acceptors (Lipinski definition) is 3. The van der Waals surface area contributed by atoms with E-state index in [0.717, 1.165) is 30.5 Å². The number of amides is 2. The highest BCUT2D eigenvalue weighted by molar-refractivity contribution is 5.96. The number of alkyl halides is 3. The van der Waals surface area contributed by atoms with E-state index in [1.807, 2.05) is 0 Å². The first-order chi connectivity index (χ1) is 15.3. The summed E-state index contributed by atoms with van der Waals surface area (Å²) in [5.41, 5.74) is 1.76. The van der Waals surface area contributed by atoms with Gasteiger partial charge in [-0.3, -0.25) is 14.6 Å². The Balaban J connectivity index is 1.42. The summed E-state index contributed by atoms with van der Waals surface area (Å²) in [6.45, 7) is -0.0365. The van der Waals surface area contributed by atoms with E-state index in [2.05, 4.69) is 15.6 Å². The molecule has 2 amide bonds. The largest absolute Gasteiger partial charge is 0.416 e. The second kappa shape index (κ2) is 8.82. The number of rotatable bonds is 6. The molecular weight excluding hydrogens is 419 g/mol. The number of carbonyl (C=O) groups is 2. The molecule has 4 rings (SSSR count). The van der Waals surface area contributed by atoms with Gasteiger partial charge in [0.2, 0.25) is 0 Å². The third-order valence-electron chi connectivity index (χ3n) is 5.08. The Bertz CT molecular complexity index is 1140. The van der Waals surface area contributed by atoms with E-state index < -0.39 is 17.6 Å². The summed E-state index contributed by atoms with van der Waals surface area (Å²) in [6.07, 6.45) is -0.927. The zero-order valence-corrected chi connectivity index (χ0v) is 16.9. The van der Waals surface area contributed by atoms with Crippen molar-refractivity contribution >= 4 is 11.8 Å². The molecule has 2 N–H and O–H groups in total. The molecule has 0 unspecified atom stereocenters. The Morgan fingerprint density at radius 3 is 2.38 bits per heavy atom. The van der Waals surface area contributed by atoms with Crippen molar-refractivity contribution in [2.75, 3.05) is 0 Å². The molecule has 3 aromatic rings. The Labute approximate surface area is 182 Å². The maximum atomic E-state index is 12.8. The van der Waals surface area contributed by atoms with Gasteiger partial charge in [-0.2, -0.15) is 13.2 Å². The Morgan fingerprint density at radius 1 is 0.938 bits per heavy atom. The Hall–Kier alpha value is -3.68. The molecule has 0 spiro atoms. The lowest BCUT2D eigenvalue weighted by Gasteiger charge is -2.10. The van der Waals surface area contributed by atoms with Crippen LogP contribution >= 0.6 is 0 Å². The molecule has 1 fully saturated rings. The number of carbonyl (C=O) groups excluding carboxylic acids is 2. The topological polar surface area (TPSA) is 71.1 Å². The van der Waals surface area contributed by atoms with Gasteiger partial charge in [-0.15, -0.1) is 0 Å². The van der Waals surface area contributed by atoms with E-state index in [1.165, 1.54) is 24.4 Å². The number of halogens is 3. The molecular formula is C24H20F3N3O2. The van der Waals surface area contributed by atoms with Gasteiger partial charge in [-0.25, -0.2) is 0 Å². The van der Waals surface area contributed by atoms with Gasteiger partial charge in [0.15, 0.2) is 0 Å². The van der Waals surface area contributed by atoms with Gasteiger partial charge >= 0.3 is 6.18 Å². The normalized spacial score (nSPS) is 13.5. The first kappa shape index (κ1) is 21.5. The lowest BCUT2D eigenvalue weighted by atomic mass is 10.1. The molecule has 0 aliphatic heterocycles. The first-order valence-corrected chi connectivity index (χ1v) is 10.1. The molecule has 1 aliphatic carbocycles. The van der Waals surface area contributed by atoms with Crippen LogP contribution in [0.2, 0.25) is 0 Å². The molecule has 1 saturated carbocycles. The van der Waals surface area contributed by atoms with Crippen LogP contribution in [-0.2, 0) is 12.7 Å². The van der Waals surface area contributed by atoms with Crippen LogP contribution in [0.15, 0.2) is 66.9 Å². The van der Waals surface area contributed by atoms with Crippen LogP contribution in [0.3, 0.4) is 0 Å². The fourth-order valence-corrected chi connectivity index (χ4v) is 3.16. The van der Waals surface area contributed by atoms with E-state index >= 15 is 0 Å². The molecule has 0 radical (unpaired) electrons. The van der Waals surface area contributed by atoms with Gasteiger partial charge in [0, 0.05) is 35.5 Å². The van der Waals surface area contributed by atoms with Crippen molar-refractivity contribution in [2.24, 2.45) is 0 Å². The second-order valence-corrected chi connectivity index (χ2v) is 7.64. The van der Waals surface area contributed by atoms with Crippen molar-refractivity contribution in [3.63, 3.8) is 0 Å². The first-order valence-electron chi connectivity index (χ1n) is 10.1. The zero-order valence-electron chi connectivity index (χ0n) is 16.9. The van der Waals surface area contributed by atoms with E-state index in [9.17, 15) is 22.8 Å². The third-order valence-corrected chi connectivity index (χ3v) is 5.08. The molecule has 2 aromatic carbocycles. The van der Waals surface area contributed by atoms with Crippen molar-refractivity contribution in [3.05, 3.63) is 89.1 Å². The molecule has 0 atom stereocenters. The Kier molecular flexibility index (Phi) is 5.94. The quantitative estimate of drug-likeness (QED) is 0.590. The molecule has 1 aliphatic rings. The molecule has 0 bridgehead atoms. The summed E-state index contributed by atoms with van der Waals surface area (Å²) in [6, 6.07) is 15.2. The number of aromatic nitrogens is 1. The fraction of sp³-hybridized carbons (Fsp3) is 0.208. The number of benzene rings is 2. The summed E-state index contributed by atoms with van der Waals surface area (Å²) in [4.78, 5) is 28.9. The average Bonchev–Trinajstić information content (AvgIpc) is 3.61. The summed E-state index contributed by atoms with van der Waals surface area (Å²) in [5, 5.41) is 5.56. The molecule has 32 heavy (non-hydrogen) atoms. The van der Waals surface area contributed by atoms with E-state index in [0.29, 0.717) is 22.4 Å². The molecule has 1 aromatic heterocycles. The highest BCUT2D eigenvalue weighted by Crippen LogP contribution is 2.29. The number of hydrogen-bond donors (Lipinski definition) is 2. The predicted molar refractivity (Wildman–Crippen MR) is 113 cm³/mol. The van der Waals surface area contributed by atoms with Crippen LogP contribution in [0, 0.1) is 0 Å². The summed E-state index contributed by atoms with van der Waals surface area (Å²) < 4.78 is 38.5. The number of pyridine rings is 1. The Morgan fingerprint density at radius 2 is 1.69 bits per heavy atom. The minimum Gasteiger partial charge on any atom is -0.349 e. The van der Waals surface area contributed by atoms with Gasteiger partial charge in [0.25, 0.3) is 11.8 Å². The second-order valence-electron chi connectivity index (χ2n) is 7.64. The predicted octanol–water partition coefficient (Wildman–Crippen LogP) is 4.59. The number of nitrogens with one attached hydrogen (secondary N) is 2. The van der Waals surface area contributed by atoms with Gasteiger partial charge in [-0.1, -0.05) is 24.3 Å². The van der Waals surface area contributed by atoms with Crippen LogP contribution in [0.1, 0.15) is 44.7 Å². The van der Waals surface area contributed by atoms with Crippen molar-refractivity contribution in [1.82, 2.24) is 15.6 Å². The highest BCUT2D eigenvalue weighted by atomic mass is 19.4. The fourth-order valence-electron chi connectivity index (χ4n) is 3.16. The molecule has 164 valence electrons. The molecule has 1 heterocycles. The summed E-state index contributed by atoms with van der Waals surface area (Å²) in [7, 11) is 0. The standard InChI is InChI=1S/C24H20F3N3O2/c25-24(26,27)19-3-1-2-15(12-19)14-29-22(31)18-10-11-28-21(13-18)16-4-6-17(7-5-16)23(32)30-20-8-9-20/h1-7,10-13,20H,8-9,14H2,(H,29,31)(H,30,32). The average molecular weight is 439 g/mol. The van der Waals surface area contributed by atoms with Crippen molar-refractivity contribution in [1.29, 1.82) is 0 Å². The zero-order chi connectivity index (χ0) is 22.7. The van der Waals surface area contributed by atoms with Gasteiger partial charge in [0.05, 0.1) is 11.3 Å². The maximum Gasteiger partial charge on any atom is 0.416 e. The van der Waals surface area contributed by atoms with E-state index in [-0.39, 0.29) is 18.5 Å². The summed E-state index contributed by atoms with van der Waals surface area (Å²) in [5.74, 6) is -0.541. The smallest absolute Gasteiger partial charge is 0.349 e. The van der Waals surface area contributed by atoms with E-state index in [4.69, 9.17) is 0 Å². The van der Waals surface area contributed by atoms with Gasteiger partial charge in [0.1, 0.15) is 0 Å². The highest BCUT2D eigenvalue weighted by Gasteiger charge is 2.30. The van der Waals surface area contributed by atoms with Crippen molar-refractivity contribution in [2.45, 2.75) is 31.6 Å². The lowest BCUT2D eigenvalue weighted by molar-refractivity contribution is -0.137.